The molecule has 0 amide bonds. The van der Waals surface area contributed by atoms with E-state index in [-0.39, 0.29) is 26.4 Å². The number of hydrogen-bond donors (Lipinski definition) is 5. The Balaban J connectivity index is -0.000000417. The van der Waals surface area contributed by atoms with E-state index >= 15 is 0 Å². The van der Waals surface area contributed by atoms with Crippen LogP contribution in [0, 0.1) is 0 Å². The Labute approximate surface area is 197 Å². The van der Waals surface area contributed by atoms with Crippen LogP contribution in [0.4, 0.5) is 0 Å². The van der Waals surface area contributed by atoms with Gasteiger partial charge >= 0.3 is 0 Å². The summed E-state index contributed by atoms with van der Waals surface area (Å²) in [5.41, 5.74) is 0. The zero-order chi connectivity index (χ0) is 24.2. The lowest BCUT2D eigenvalue weighted by molar-refractivity contribution is 0.154. The second-order valence-electron chi connectivity index (χ2n) is 6.94. The van der Waals surface area contributed by atoms with Crippen LogP contribution in [-0.2, 0) is 0 Å². The maximum absolute atomic E-state index is 8.83. The van der Waals surface area contributed by atoms with Crippen molar-refractivity contribution in [2.24, 2.45) is 0 Å². The van der Waals surface area contributed by atoms with Crippen molar-refractivity contribution in [3.8, 4) is 0 Å². The summed E-state index contributed by atoms with van der Waals surface area (Å²) in [6.45, 7) is 19.5. The van der Waals surface area contributed by atoms with E-state index in [0.29, 0.717) is 26.2 Å². The monoisotopic (exact) mass is 472 g/mol. The highest BCUT2D eigenvalue weighted by Gasteiger charge is 2.04. The second kappa shape index (κ2) is 32.2. The minimum atomic E-state index is 0.139. The Morgan fingerprint density at radius 1 is 0.548 bits per heavy atom. The molecule has 0 fully saturated rings. The summed E-state index contributed by atoms with van der Waals surface area (Å²) in [7, 11) is 0. The molecule has 0 heterocycles. The van der Waals surface area contributed by atoms with Crippen molar-refractivity contribution in [3.05, 3.63) is 0 Å². The van der Waals surface area contributed by atoms with E-state index in [1.165, 1.54) is 0 Å². The van der Waals surface area contributed by atoms with Gasteiger partial charge in [-0.05, 0) is 58.7 Å². The van der Waals surface area contributed by atoms with E-state index in [2.05, 4.69) is 47.7 Å². The molecule has 0 spiro atoms. The SMILES string of the molecule is CCN(CC)CCCCl.CCN(CC)CCCN(CCO)CCO.OCCNCCO. The van der Waals surface area contributed by atoms with Crippen LogP contribution < -0.4 is 5.32 Å². The van der Waals surface area contributed by atoms with Gasteiger partial charge in [-0.3, -0.25) is 4.90 Å². The van der Waals surface area contributed by atoms with Crippen molar-refractivity contribution in [1.29, 1.82) is 0 Å². The first-order chi connectivity index (χ1) is 15.0. The topological polar surface area (TPSA) is 103 Å². The molecule has 0 aliphatic heterocycles. The Morgan fingerprint density at radius 2 is 0.935 bits per heavy atom. The maximum Gasteiger partial charge on any atom is 0.0558 e. The van der Waals surface area contributed by atoms with Gasteiger partial charge < -0.3 is 35.5 Å². The summed E-state index contributed by atoms with van der Waals surface area (Å²) in [5.74, 6) is 0.788. The molecule has 0 radical (unpaired) electrons. The number of aliphatic hydroxyl groups is 4. The smallest absolute Gasteiger partial charge is 0.0558 e. The summed E-state index contributed by atoms with van der Waals surface area (Å²) >= 11 is 5.53. The molecule has 0 aliphatic carbocycles. The molecule has 5 N–H and O–H groups in total. The van der Waals surface area contributed by atoms with Crippen molar-refractivity contribution in [2.45, 2.75) is 40.5 Å². The predicted molar refractivity (Wildman–Crippen MR) is 133 cm³/mol. The lowest BCUT2D eigenvalue weighted by atomic mass is 10.3. The number of nitrogens with zero attached hydrogens (tertiary/aromatic N) is 3. The Morgan fingerprint density at radius 3 is 1.26 bits per heavy atom. The Hall–Kier alpha value is -0.0300. The van der Waals surface area contributed by atoms with Crippen molar-refractivity contribution < 1.29 is 20.4 Å². The van der Waals surface area contributed by atoms with Crippen LogP contribution in [0.3, 0.4) is 0 Å². The van der Waals surface area contributed by atoms with E-state index in [0.717, 1.165) is 64.5 Å². The zero-order valence-electron chi connectivity index (χ0n) is 20.7. The third-order valence-corrected chi connectivity index (χ3v) is 5.02. The highest BCUT2D eigenvalue weighted by molar-refractivity contribution is 6.17. The normalized spacial score (nSPS) is 10.8. The van der Waals surface area contributed by atoms with Crippen LogP contribution in [0.1, 0.15) is 40.5 Å². The molecule has 8 nitrogen and oxygen atoms in total. The van der Waals surface area contributed by atoms with Crippen molar-refractivity contribution in [3.63, 3.8) is 0 Å². The first-order valence-electron chi connectivity index (χ1n) is 11.9. The van der Waals surface area contributed by atoms with Gasteiger partial charge in [-0.1, -0.05) is 27.7 Å². The van der Waals surface area contributed by atoms with Crippen LogP contribution >= 0.6 is 11.6 Å². The standard InChI is InChI=1S/C11H26N2O2.C7H16ClN.C4H11NO2/c1-3-12(4-2)6-5-7-13(8-10-14)9-11-15;1-3-9(4-2)7-5-6-8;6-3-1-5-2-4-7/h14-15H,3-11H2,1-2H3;3-7H2,1-2H3;5-7H,1-4H2. The minimum absolute atomic E-state index is 0.139. The fourth-order valence-corrected chi connectivity index (χ4v) is 2.90. The fraction of sp³-hybridized carbons (Fsp3) is 1.00. The molecular formula is C22H53ClN4O4. The van der Waals surface area contributed by atoms with Crippen molar-refractivity contribution in [1.82, 2.24) is 20.0 Å². The van der Waals surface area contributed by atoms with Gasteiger partial charge in [0.15, 0.2) is 0 Å². The first-order valence-corrected chi connectivity index (χ1v) is 12.4. The van der Waals surface area contributed by atoms with Crippen molar-refractivity contribution in [2.75, 3.05) is 104 Å². The molecule has 192 valence electrons. The van der Waals surface area contributed by atoms with Crippen molar-refractivity contribution >= 4 is 11.6 Å². The summed E-state index contributed by atoms with van der Waals surface area (Å²) in [6.07, 6.45) is 2.21. The molecule has 0 aromatic carbocycles. The molecule has 0 aliphatic rings. The molecule has 0 bridgehead atoms. The molecule has 0 unspecified atom stereocenters. The molecule has 9 heteroatoms. The van der Waals surface area contributed by atoms with Gasteiger partial charge in [0.25, 0.3) is 0 Å². The molecule has 0 aromatic rings. The van der Waals surface area contributed by atoms with E-state index in [1.807, 2.05) is 0 Å². The quantitative estimate of drug-likeness (QED) is 0.137. The van der Waals surface area contributed by atoms with Crippen LogP contribution in [-0.4, -0.2) is 139 Å². The third-order valence-electron chi connectivity index (χ3n) is 4.76. The number of hydrogen-bond acceptors (Lipinski definition) is 8. The molecule has 0 atom stereocenters. The maximum atomic E-state index is 8.83. The predicted octanol–water partition coefficient (Wildman–Crippen LogP) is 0.523. The average molecular weight is 473 g/mol. The number of halogens is 1. The van der Waals surface area contributed by atoms with Crippen LogP contribution in [0.5, 0.6) is 0 Å². The summed E-state index contributed by atoms with van der Waals surface area (Å²) in [5, 5.41) is 36.7. The molecular weight excluding hydrogens is 420 g/mol. The number of aliphatic hydroxyl groups excluding tert-OH is 4. The number of alkyl halides is 1. The van der Waals surface area contributed by atoms with Crippen LogP contribution in [0.2, 0.25) is 0 Å². The molecule has 31 heavy (non-hydrogen) atoms. The Kier molecular flexibility index (Phi) is 36.9. The summed E-state index contributed by atoms with van der Waals surface area (Å²) in [6, 6.07) is 0. The summed E-state index contributed by atoms with van der Waals surface area (Å²) < 4.78 is 0. The lowest BCUT2D eigenvalue weighted by Crippen LogP contribution is -2.33. The van der Waals surface area contributed by atoms with Crippen LogP contribution in [0.15, 0.2) is 0 Å². The molecule has 0 aromatic heterocycles. The Bertz CT molecular complexity index is 291. The third kappa shape index (κ3) is 30.0. The van der Waals surface area contributed by atoms with Gasteiger partial charge in [0.2, 0.25) is 0 Å². The zero-order valence-corrected chi connectivity index (χ0v) is 21.5. The van der Waals surface area contributed by atoms with Gasteiger partial charge in [-0.25, -0.2) is 0 Å². The lowest BCUT2D eigenvalue weighted by Gasteiger charge is -2.23. The van der Waals surface area contributed by atoms with E-state index in [1.54, 1.807) is 0 Å². The van der Waals surface area contributed by atoms with Gasteiger partial charge in [0, 0.05) is 32.1 Å². The second-order valence-corrected chi connectivity index (χ2v) is 7.31. The summed E-state index contributed by atoms with van der Waals surface area (Å²) in [4.78, 5) is 6.86. The molecule has 0 saturated heterocycles. The van der Waals surface area contributed by atoms with E-state index in [4.69, 9.17) is 32.0 Å². The number of rotatable bonds is 19. The van der Waals surface area contributed by atoms with E-state index < -0.39 is 0 Å². The minimum Gasteiger partial charge on any atom is -0.395 e. The van der Waals surface area contributed by atoms with E-state index in [9.17, 15) is 0 Å². The molecule has 0 saturated carbocycles. The largest absolute Gasteiger partial charge is 0.395 e. The number of nitrogens with one attached hydrogen (secondary N) is 1. The van der Waals surface area contributed by atoms with Gasteiger partial charge in [0.05, 0.1) is 26.4 Å². The average Bonchev–Trinajstić information content (AvgIpc) is 2.79. The first kappa shape index (κ1) is 35.6. The highest BCUT2D eigenvalue weighted by Crippen LogP contribution is 1.95. The highest BCUT2D eigenvalue weighted by atomic mass is 35.5. The van der Waals surface area contributed by atoms with Gasteiger partial charge in [-0.2, -0.15) is 0 Å². The molecule has 0 rings (SSSR count). The van der Waals surface area contributed by atoms with Gasteiger partial charge in [-0.15, -0.1) is 11.6 Å². The van der Waals surface area contributed by atoms with Gasteiger partial charge in [0.1, 0.15) is 0 Å². The fourth-order valence-electron chi connectivity index (χ4n) is 2.78. The van der Waals surface area contributed by atoms with Crippen LogP contribution in [0.25, 0.3) is 0 Å².